The highest BCUT2D eigenvalue weighted by molar-refractivity contribution is 5.77. The molecule has 0 aromatic carbocycles. The Labute approximate surface area is 748 Å². The van der Waals surface area contributed by atoms with E-state index < -0.39 is 389 Å². The van der Waals surface area contributed by atoms with E-state index in [1.165, 1.54) is 20.8 Å². The molecule has 12 rings (SSSR count). The lowest BCUT2D eigenvalue weighted by Gasteiger charge is -2.47. The lowest BCUT2D eigenvalue weighted by atomic mass is 9.81. The number of hydrogen-bond donors (Lipinski definition) is 34. The van der Waals surface area contributed by atoms with E-state index in [4.69, 9.17) is 86.0 Å². The number of carbonyl (C=O) groups is 3. The number of aliphatic hydroxyl groups is 31. The Morgan fingerprint density at radius 2 is 0.687 bits per heavy atom. The molecule has 0 spiro atoms. The molecule has 2 amide bonds. The zero-order valence-corrected chi connectivity index (χ0v) is 72.9. The normalized spacial score (nSPS) is 47.6. The van der Waals surface area contributed by atoms with Crippen LogP contribution in [0.4, 0.5) is 0 Å². The van der Waals surface area contributed by atoms with E-state index in [1.54, 1.807) is 48.5 Å². The number of carboxylic acids is 1. The van der Waals surface area contributed by atoms with Crippen molar-refractivity contribution in [3.63, 3.8) is 0 Å². The highest BCUT2D eigenvalue weighted by Crippen LogP contribution is 2.40. The number of aliphatic hydroxyl groups excluding tert-OH is 31. The van der Waals surface area contributed by atoms with Gasteiger partial charge in [0.15, 0.2) is 42.6 Å². The van der Waals surface area contributed by atoms with Crippen molar-refractivity contribution in [1.82, 2.24) is 10.6 Å². The van der Waals surface area contributed by atoms with Gasteiger partial charge in [0.05, 0.1) is 108 Å². The van der Waals surface area contributed by atoms with Crippen LogP contribution in [0.3, 0.4) is 0 Å². The summed E-state index contributed by atoms with van der Waals surface area (Å²) in [5, 5.41) is 315. The van der Waals surface area contributed by atoms with Gasteiger partial charge in [0, 0.05) is 40.0 Å². The van der Waals surface area contributed by atoms with Crippen molar-refractivity contribution in [3.8, 4) is 0 Å². The molecule has 0 aromatic heterocycles. The molecule has 12 aliphatic heterocycles. The summed E-state index contributed by atoms with van der Waals surface area (Å²) in [4.78, 5) is 42.2. The minimum atomic E-state index is -1.67. The number of aliphatic carboxylic acids is 1. The van der Waals surface area contributed by atoms with Gasteiger partial charge in [-0.15, -0.1) is 0 Å². The standard InChI is InChI=1S/2C15H27NO10.2C14H23NO10.C11H20O7.C7H14O4/c1-5-9(16-6(2)19)11(21)14(8(4-18)24-5)26-15-13(23)12(22)10(20)7(3-17)25-15;1-5-9(16-6(2)19)14(11(21)8(4-18)24-5)26-15-13(23)12(22)10(20)7(3-17)25-15;1-4-15-7-9(19)12(6(3-17)24-13(7)22-4)25-14-11(21)10(20)8(18)5(2-16)23-14;1-4-15-7-12(9(19)6(3-17)23-13(7)22-4)25-14-11(21)10(20)8(18)5(2-16)24-14;1-5-6(13)3-11(2,10(16)17)18-9(5)8(15)7(14)4-12;1-3-5(8)7(10)6(9)4(2)11-3/h2*5,7-15,17-18,20-23H,3-4H2,1-2H3,(H,16,19);2*5-14,16-21H,2-3H2,1H3;5-9,12-15H,3-4H2,1-2H3,(H,16,17);3-10H,1-2H3/t2*5?,7?,8?,9?,10-,11+,12-,13?,14+,15-;2*5?,6?,7?,8-,9+,10-,11?,12+,13+,14-;5-,6-,7?,8-,9?,11-;3-,4?,5?,6-,7?/m000011/s1. The fourth-order valence-electron chi connectivity index (χ4n) is 16.2. The van der Waals surface area contributed by atoms with E-state index in [1.807, 2.05) is 0 Å². The maximum atomic E-state index is 11.5. The number of carboxylic acid groups (broad SMARTS) is 1. The van der Waals surface area contributed by atoms with Crippen LogP contribution < -0.4 is 10.6 Å². The smallest absolute Gasteiger partial charge is 0.335 e. The molecule has 12 aliphatic rings. The van der Waals surface area contributed by atoms with Gasteiger partial charge in [-0.05, 0) is 34.6 Å². The van der Waals surface area contributed by atoms with Gasteiger partial charge in [-0.2, -0.15) is 0 Å². The number of rotatable bonds is 22. The van der Waals surface area contributed by atoms with Crippen LogP contribution in [0.5, 0.6) is 0 Å². The van der Waals surface area contributed by atoms with Crippen molar-refractivity contribution >= 4 is 29.6 Å². The van der Waals surface area contributed by atoms with Crippen LogP contribution in [0, 0.1) is 5.92 Å². The van der Waals surface area contributed by atoms with E-state index in [-0.39, 0.29) is 6.42 Å². The molecule has 10 fully saturated rings. The Kier molecular flexibility index (Phi) is 43.7. The second-order valence-corrected chi connectivity index (χ2v) is 33.7. The first-order valence-electron chi connectivity index (χ1n) is 42.3. The second-order valence-electron chi connectivity index (χ2n) is 33.7. The van der Waals surface area contributed by atoms with E-state index in [2.05, 4.69) is 20.6 Å². The number of amides is 2. The summed E-state index contributed by atoms with van der Waals surface area (Å²) in [7, 11) is 0. The Morgan fingerprint density at radius 1 is 0.374 bits per heavy atom. The van der Waals surface area contributed by atoms with Gasteiger partial charge < -0.3 is 250 Å². The molecule has 0 bridgehead atoms. The summed E-state index contributed by atoms with van der Waals surface area (Å²) in [6.45, 7) is 9.96. The zero-order valence-electron chi connectivity index (χ0n) is 72.9. The molecule has 0 aromatic rings. The fraction of sp³-hybridized carbons (Fsp3) is 0.934. The fourth-order valence-corrected chi connectivity index (χ4v) is 16.2. The third-order valence-electron chi connectivity index (χ3n) is 24.1. The maximum absolute atomic E-state index is 11.5. The van der Waals surface area contributed by atoms with Crippen molar-refractivity contribution in [1.29, 1.82) is 0 Å². The number of hydrogen-bond acceptors (Lipinski definition) is 52. The lowest BCUT2D eigenvalue weighted by Crippen LogP contribution is -2.67. The number of nitrogens with zero attached hydrogens (tertiary/aromatic N) is 2. The van der Waals surface area contributed by atoms with Gasteiger partial charge in [0.1, 0.15) is 214 Å². The quantitative estimate of drug-likeness (QED) is 0.0479. The number of aliphatic imine (C=N–C) groups is 2. The molecule has 10 saturated heterocycles. The summed E-state index contributed by atoms with van der Waals surface area (Å²) in [6.07, 6.45) is -55.5. The van der Waals surface area contributed by atoms with Crippen LogP contribution >= 0.6 is 0 Å². The van der Waals surface area contributed by atoms with Gasteiger partial charge in [-0.3, -0.25) is 9.59 Å². The predicted molar refractivity (Wildman–Crippen MR) is 422 cm³/mol. The van der Waals surface area contributed by atoms with E-state index in [9.17, 15) is 168 Å². The largest absolute Gasteiger partial charge is 0.479 e. The van der Waals surface area contributed by atoms with Crippen LogP contribution in [-0.4, -0.2) is 558 Å². The van der Waals surface area contributed by atoms with Crippen molar-refractivity contribution in [2.75, 3.05) is 59.5 Å². The zero-order chi connectivity index (χ0) is 98.5. The molecule has 23 unspecified atom stereocenters. The van der Waals surface area contributed by atoms with Crippen LogP contribution in [0.25, 0.3) is 0 Å². The lowest BCUT2D eigenvalue weighted by molar-refractivity contribution is -0.341. The molecule has 34 N–H and O–H groups in total. The maximum Gasteiger partial charge on any atom is 0.335 e. The molecule has 55 nitrogen and oxygen atoms in total. The van der Waals surface area contributed by atoms with Crippen LogP contribution in [0.2, 0.25) is 0 Å². The third kappa shape index (κ3) is 27.2. The van der Waals surface area contributed by atoms with E-state index in [0.29, 0.717) is 11.8 Å². The molecule has 55 heteroatoms. The van der Waals surface area contributed by atoms with Gasteiger partial charge in [0.2, 0.25) is 24.4 Å². The minimum Gasteiger partial charge on any atom is -0.479 e. The third-order valence-corrected chi connectivity index (χ3v) is 24.1. The monoisotopic (exact) mass is 1920 g/mol. The van der Waals surface area contributed by atoms with E-state index in [0.717, 1.165) is 0 Å². The first-order chi connectivity index (χ1) is 61.4. The molecular formula is C76H134N4O51. The van der Waals surface area contributed by atoms with Crippen molar-refractivity contribution in [2.24, 2.45) is 15.9 Å². The SMILES string of the molecule is CC(=O)NC1C(C)OC(CO)[C@@H](O)[C@@H]1O[C@@H]1OC(CO)[C@H](O)[C@H](O)C1O.CC(=O)NC1C(C)OC(CO)[C@@H](O[C@@H]2OC(CO)[C@H](O)[C@H](O)C2O)[C@@H]1O.CC1=NC2[C@H](O1)OC(CO)[C@@H](O)[C@@H]2O[C@@H]1OC(CO)[C@H](O)[C@H](O)C1O.CC1=NC2[C@H](O1)OC(CO)[C@@H](O[C@@H]1OC(CO)[C@H](O)[C@H](O)C1O)[C@@H]2O.CC1O[C@H](C)C(O)C(O)[C@@H]1O.C[C@H]1C([C@H](O)C(O)CO)O[C@@](C)(C(=O)O)C[C@H]1O. The average molecular weight is 1920 g/mol. The molecular weight excluding hydrogens is 1780 g/mol. The molecule has 12 heterocycles. The van der Waals surface area contributed by atoms with Crippen molar-refractivity contribution in [3.05, 3.63) is 0 Å². The Hall–Kier alpha value is -4.45. The highest BCUT2D eigenvalue weighted by Gasteiger charge is 2.59. The van der Waals surface area contributed by atoms with E-state index >= 15 is 0 Å². The molecule has 0 aliphatic carbocycles. The first-order valence-corrected chi connectivity index (χ1v) is 42.3. The van der Waals surface area contributed by atoms with Gasteiger partial charge in [0.25, 0.3) is 0 Å². The molecule has 0 saturated carbocycles. The minimum absolute atomic E-state index is 0.0953. The number of nitrogens with one attached hydrogen (secondary N) is 2. The van der Waals surface area contributed by atoms with Gasteiger partial charge >= 0.3 is 5.97 Å². The Bertz CT molecular complexity index is 3490. The molecule has 131 heavy (non-hydrogen) atoms. The van der Waals surface area contributed by atoms with Gasteiger partial charge in [-0.25, -0.2) is 14.8 Å². The summed E-state index contributed by atoms with van der Waals surface area (Å²) in [5.74, 6) is -1.98. The first kappa shape index (κ1) is 114. The number of carbonyl (C=O) groups excluding carboxylic acids is 2. The summed E-state index contributed by atoms with van der Waals surface area (Å²) >= 11 is 0. The summed E-state index contributed by atoms with van der Waals surface area (Å²) in [5.41, 5.74) is -1.62. The van der Waals surface area contributed by atoms with Crippen LogP contribution in [-0.2, 0) is 90.2 Å². The topological polar surface area (TPSA) is 895 Å². The predicted octanol–water partition coefficient (Wildman–Crippen LogP) is -19.0. The Balaban J connectivity index is 0.000000218. The summed E-state index contributed by atoms with van der Waals surface area (Å²) in [6, 6.07) is -3.23. The molecule has 51 atom stereocenters. The Morgan fingerprint density at radius 3 is 1.08 bits per heavy atom. The summed E-state index contributed by atoms with van der Waals surface area (Å²) < 4.78 is 86.5. The second kappa shape index (κ2) is 50.4. The van der Waals surface area contributed by atoms with Crippen molar-refractivity contribution < 1.29 is 254 Å². The average Bonchev–Trinajstić information content (AvgIpc) is 1.78. The number of fused-ring (bicyclic) bond motifs is 2. The van der Waals surface area contributed by atoms with Crippen LogP contribution in [0.1, 0.15) is 75.7 Å². The van der Waals surface area contributed by atoms with Gasteiger partial charge in [-0.1, -0.05) is 6.92 Å². The molecule has 764 valence electrons. The van der Waals surface area contributed by atoms with Crippen molar-refractivity contribution in [2.45, 2.75) is 381 Å². The van der Waals surface area contributed by atoms with Crippen LogP contribution in [0.15, 0.2) is 9.98 Å². The highest BCUT2D eigenvalue weighted by atomic mass is 16.8. The molecule has 0 radical (unpaired) electrons. The number of ether oxygens (including phenoxy) is 16.